The van der Waals surface area contributed by atoms with Gasteiger partial charge in [-0.15, -0.1) is 0 Å². The lowest BCUT2D eigenvalue weighted by molar-refractivity contribution is -0.686. The molecule has 1 heterocycles. The van der Waals surface area contributed by atoms with Crippen LogP contribution in [0.4, 0.5) is 0 Å². The van der Waals surface area contributed by atoms with Gasteiger partial charge in [0.2, 0.25) is 0 Å². The fourth-order valence-corrected chi connectivity index (χ4v) is 3.43. The van der Waals surface area contributed by atoms with Gasteiger partial charge in [-0.1, -0.05) is 25.1 Å². The average molecular weight is 355 g/mol. The van der Waals surface area contributed by atoms with E-state index >= 15 is 0 Å². The van der Waals surface area contributed by atoms with Crippen molar-refractivity contribution in [2.24, 2.45) is 0 Å². The van der Waals surface area contributed by atoms with E-state index in [0.29, 0.717) is 12.3 Å². The van der Waals surface area contributed by atoms with Crippen LogP contribution in [-0.2, 0) is 19.5 Å². The van der Waals surface area contributed by atoms with Gasteiger partial charge in [0, 0.05) is 12.5 Å². The molecule has 0 aliphatic rings. The monoisotopic (exact) mass is 355 g/mol. The number of hydrogen-bond acceptors (Lipinski definition) is 3. The van der Waals surface area contributed by atoms with Crippen LogP contribution in [0.25, 0.3) is 11.0 Å². The number of para-hydroxylation sites is 2. The van der Waals surface area contributed by atoms with Gasteiger partial charge in [-0.05, 0) is 31.2 Å². The van der Waals surface area contributed by atoms with E-state index in [1.54, 1.807) is 7.11 Å². The number of benzene rings is 2. The van der Waals surface area contributed by atoms with E-state index in [4.69, 9.17) is 9.47 Å². The Morgan fingerprint density at radius 3 is 2.58 bits per heavy atom. The standard InChI is InChI=1S/C21H27N2O3/c1-4-21-22(5-2)19-11-6-7-12-20(19)23(21)14-16(24)15-26-18-10-8-9-17(13-18)25-3/h6-13,16,24H,4-5,14-15H2,1-3H3/q+1/t16-/m1/s1. The normalized spacial score (nSPS) is 12.3. The summed E-state index contributed by atoms with van der Waals surface area (Å²) in [5.74, 6) is 2.65. The van der Waals surface area contributed by atoms with E-state index in [1.165, 1.54) is 11.3 Å². The Labute approximate surface area is 154 Å². The molecule has 1 atom stereocenters. The SMILES string of the molecule is CCc1n(CC)c2ccccc2[n+]1C[C@@H](O)COc1cccc(OC)c1. The molecule has 26 heavy (non-hydrogen) atoms. The van der Waals surface area contributed by atoms with Gasteiger partial charge in [0.15, 0.2) is 11.0 Å². The molecular weight excluding hydrogens is 328 g/mol. The third kappa shape index (κ3) is 3.68. The number of aliphatic hydroxyl groups is 1. The van der Waals surface area contributed by atoms with Crippen LogP contribution in [0.5, 0.6) is 11.5 Å². The maximum atomic E-state index is 10.6. The van der Waals surface area contributed by atoms with Crippen LogP contribution >= 0.6 is 0 Å². The summed E-state index contributed by atoms with van der Waals surface area (Å²) >= 11 is 0. The Hall–Kier alpha value is -2.53. The summed E-state index contributed by atoms with van der Waals surface area (Å²) in [7, 11) is 1.63. The molecule has 0 spiro atoms. The van der Waals surface area contributed by atoms with E-state index in [9.17, 15) is 5.11 Å². The lowest BCUT2D eigenvalue weighted by Crippen LogP contribution is -2.44. The second-order valence-electron chi connectivity index (χ2n) is 6.26. The number of aryl methyl sites for hydroxylation is 1. The van der Waals surface area contributed by atoms with Crippen molar-refractivity contribution in [1.29, 1.82) is 0 Å². The number of fused-ring (bicyclic) bond motifs is 1. The van der Waals surface area contributed by atoms with Crippen molar-refractivity contribution in [3.63, 3.8) is 0 Å². The fraction of sp³-hybridized carbons (Fsp3) is 0.381. The Morgan fingerprint density at radius 2 is 1.85 bits per heavy atom. The fourth-order valence-electron chi connectivity index (χ4n) is 3.43. The van der Waals surface area contributed by atoms with Gasteiger partial charge in [-0.25, -0.2) is 9.13 Å². The molecule has 5 heteroatoms. The minimum absolute atomic E-state index is 0.231. The number of aromatic nitrogens is 2. The minimum atomic E-state index is -0.604. The van der Waals surface area contributed by atoms with Crippen molar-refractivity contribution < 1.29 is 19.1 Å². The zero-order valence-corrected chi connectivity index (χ0v) is 15.7. The highest BCUT2D eigenvalue weighted by atomic mass is 16.5. The van der Waals surface area contributed by atoms with Gasteiger partial charge in [-0.2, -0.15) is 0 Å². The molecule has 5 nitrogen and oxygen atoms in total. The maximum Gasteiger partial charge on any atom is 0.257 e. The maximum absolute atomic E-state index is 10.6. The molecule has 0 aliphatic carbocycles. The molecule has 1 aromatic heterocycles. The molecule has 0 saturated carbocycles. The second kappa shape index (κ2) is 8.23. The quantitative estimate of drug-likeness (QED) is 0.632. The third-order valence-corrected chi connectivity index (χ3v) is 4.60. The summed E-state index contributed by atoms with van der Waals surface area (Å²) in [6, 6.07) is 15.8. The molecule has 0 amide bonds. The van der Waals surface area contributed by atoms with Gasteiger partial charge in [-0.3, -0.25) is 0 Å². The summed E-state index contributed by atoms with van der Waals surface area (Å²) in [6.45, 7) is 5.94. The predicted octanol–water partition coefficient (Wildman–Crippen LogP) is 2.96. The molecule has 0 unspecified atom stereocenters. The first-order valence-corrected chi connectivity index (χ1v) is 9.12. The lowest BCUT2D eigenvalue weighted by Gasteiger charge is -2.12. The van der Waals surface area contributed by atoms with E-state index in [-0.39, 0.29) is 6.61 Å². The van der Waals surface area contributed by atoms with Crippen LogP contribution in [0, 0.1) is 0 Å². The number of nitrogens with zero attached hydrogens (tertiary/aromatic N) is 2. The molecule has 0 fully saturated rings. The van der Waals surface area contributed by atoms with Crippen molar-refractivity contribution in [2.75, 3.05) is 13.7 Å². The molecule has 0 radical (unpaired) electrons. The third-order valence-electron chi connectivity index (χ3n) is 4.60. The number of imidazole rings is 1. The molecule has 3 aromatic rings. The Kier molecular flexibility index (Phi) is 5.78. The summed E-state index contributed by atoms with van der Waals surface area (Å²) in [6.07, 6.45) is 0.305. The van der Waals surface area contributed by atoms with Gasteiger partial charge < -0.3 is 14.6 Å². The number of methoxy groups -OCH3 is 1. The number of aliphatic hydroxyl groups excluding tert-OH is 1. The Bertz CT molecular complexity index is 873. The summed E-state index contributed by atoms with van der Waals surface area (Å²) in [5.41, 5.74) is 2.35. The van der Waals surface area contributed by atoms with E-state index < -0.39 is 6.10 Å². The smallest absolute Gasteiger partial charge is 0.257 e. The first-order valence-electron chi connectivity index (χ1n) is 9.12. The molecule has 0 aliphatic heterocycles. The second-order valence-corrected chi connectivity index (χ2v) is 6.26. The van der Waals surface area contributed by atoms with Crippen molar-refractivity contribution in [3.05, 3.63) is 54.4 Å². The summed E-state index contributed by atoms with van der Waals surface area (Å²) < 4.78 is 15.5. The van der Waals surface area contributed by atoms with Gasteiger partial charge >= 0.3 is 0 Å². The van der Waals surface area contributed by atoms with Crippen LogP contribution < -0.4 is 14.0 Å². The van der Waals surface area contributed by atoms with Gasteiger partial charge in [0.1, 0.15) is 30.8 Å². The topological polar surface area (TPSA) is 47.5 Å². The Balaban J connectivity index is 1.77. The van der Waals surface area contributed by atoms with Crippen LogP contribution in [0.2, 0.25) is 0 Å². The first-order chi connectivity index (χ1) is 12.7. The number of rotatable bonds is 8. The van der Waals surface area contributed by atoms with Crippen LogP contribution in [0.15, 0.2) is 48.5 Å². The van der Waals surface area contributed by atoms with Crippen LogP contribution in [-0.4, -0.2) is 29.5 Å². The molecule has 0 saturated heterocycles. The summed E-state index contributed by atoms with van der Waals surface area (Å²) in [5, 5.41) is 10.6. The van der Waals surface area contributed by atoms with Crippen molar-refractivity contribution in [1.82, 2.24) is 4.57 Å². The molecule has 2 aromatic carbocycles. The van der Waals surface area contributed by atoms with Crippen LogP contribution in [0.3, 0.4) is 0 Å². The summed E-state index contributed by atoms with van der Waals surface area (Å²) in [4.78, 5) is 0. The van der Waals surface area contributed by atoms with Gasteiger partial charge in [0.25, 0.3) is 5.82 Å². The molecule has 0 bridgehead atoms. The largest absolute Gasteiger partial charge is 0.497 e. The zero-order valence-electron chi connectivity index (χ0n) is 15.7. The van der Waals surface area contributed by atoms with Crippen molar-refractivity contribution in [3.8, 4) is 11.5 Å². The molecule has 1 N–H and O–H groups in total. The zero-order chi connectivity index (χ0) is 18.5. The predicted molar refractivity (Wildman–Crippen MR) is 102 cm³/mol. The average Bonchev–Trinajstić information content (AvgIpc) is 2.99. The van der Waals surface area contributed by atoms with Crippen molar-refractivity contribution >= 4 is 11.0 Å². The number of ether oxygens (including phenoxy) is 2. The molecule has 138 valence electrons. The first kappa shape index (κ1) is 18.3. The highest BCUT2D eigenvalue weighted by Gasteiger charge is 2.24. The molecule has 3 rings (SSSR count). The van der Waals surface area contributed by atoms with E-state index in [1.807, 2.05) is 30.3 Å². The van der Waals surface area contributed by atoms with Crippen molar-refractivity contribution in [2.45, 2.75) is 39.5 Å². The molecular formula is C21H27N2O3+. The highest BCUT2D eigenvalue weighted by Crippen LogP contribution is 2.19. The van der Waals surface area contributed by atoms with Crippen LogP contribution in [0.1, 0.15) is 19.7 Å². The lowest BCUT2D eigenvalue weighted by atomic mass is 10.3. The highest BCUT2D eigenvalue weighted by molar-refractivity contribution is 5.72. The number of hydrogen-bond donors (Lipinski definition) is 1. The van der Waals surface area contributed by atoms with E-state index in [2.05, 4.69) is 41.2 Å². The van der Waals surface area contributed by atoms with E-state index in [0.717, 1.165) is 24.2 Å². The minimum Gasteiger partial charge on any atom is -0.497 e. The Morgan fingerprint density at radius 1 is 1.08 bits per heavy atom. The van der Waals surface area contributed by atoms with Gasteiger partial charge in [0.05, 0.1) is 13.7 Å².